The molecule has 1 unspecified atom stereocenters. The van der Waals surface area contributed by atoms with Gasteiger partial charge in [-0.05, 0) is 12.1 Å². The summed E-state index contributed by atoms with van der Waals surface area (Å²) in [5, 5.41) is 21.6. The van der Waals surface area contributed by atoms with E-state index < -0.39 is 17.8 Å². The number of aliphatic carboxylic acids is 1. The number of fused-ring (bicyclic) bond motifs is 1. The minimum absolute atomic E-state index is 0.0511. The Morgan fingerprint density at radius 2 is 2.16 bits per heavy atom. The molecular weight excluding hydrogens is 248 g/mol. The SMILES string of the molecule is CC(CNC(=O)c1cc2cccc(O)c2[nH]1)C(=O)O. The number of H-pyrrole nitrogens is 1. The van der Waals surface area contributed by atoms with Crippen LogP contribution in [0.4, 0.5) is 0 Å². The fraction of sp³-hybridized carbons (Fsp3) is 0.231. The van der Waals surface area contributed by atoms with Crippen LogP contribution in [0.25, 0.3) is 10.9 Å². The highest BCUT2D eigenvalue weighted by molar-refractivity contribution is 5.99. The van der Waals surface area contributed by atoms with E-state index >= 15 is 0 Å². The van der Waals surface area contributed by atoms with Gasteiger partial charge in [0.1, 0.15) is 11.4 Å². The fourth-order valence-electron chi connectivity index (χ4n) is 1.69. The van der Waals surface area contributed by atoms with Crippen molar-refractivity contribution in [3.8, 4) is 5.75 Å². The molecule has 0 aliphatic heterocycles. The number of carboxylic acid groups (broad SMARTS) is 1. The number of rotatable bonds is 4. The molecule has 19 heavy (non-hydrogen) atoms. The number of hydrogen-bond donors (Lipinski definition) is 4. The largest absolute Gasteiger partial charge is 0.506 e. The first-order chi connectivity index (χ1) is 8.99. The number of nitrogens with one attached hydrogen (secondary N) is 2. The lowest BCUT2D eigenvalue weighted by atomic mass is 10.2. The van der Waals surface area contributed by atoms with Gasteiger partial charge in [0.2, 0.25) is 0 Å². The van der Waals surface area contributed by atoms with E-state index in [1.165, 1.54) is 13.0 Å². The van der Waals surface area contributed by atoms with Crippen LogP contribution in [-0.4, -0.2) is 33.6 Å². The van der Waals surface area contributed by atoms with Crippen LogP contribution in [0.5, 0.6) is 5.75 Å². The van der Waals surface area contributed by atoms with Crippen LogP contribution in [0.1, 0.15) is 17.4 Å². The predicted octanol–water partition coefficient (Wildman–Crippen LogP) is 1.32. The highest BCUT2D eigenvalue weighted by Crippen LogP contribution is 2.24. The first kappa shape index (κ1) is 12.9. The van der Waals surface area contributed by atoms with Crippen molar-refractivity contribution in [2.24, 2.45) is 5.92 Å². The molecule has 1 atom stereocenters. The number of aromatic nitrogens is 1. The van der Waals surface area contributed by atoms with Crippen LogP contribution >= 0.6 is 0 Å². The van der Waals surface area contributed by atoms with E-state index in [2.05, 4.69) is 10.3 Å². The standard InChI is InChI=1S/C13H14N2O4/c1-7(13(18)19)6-14-12(17)9-5-8-3-2-4-10(16)11(8)15-9/h2-5,7,15-16H,6H2,1H3,(H,14,17)(H,18,19). The molecule has 0 bridgehead atoms. The van der Waals surface area contributed by atoms with Crippen molar-refractivity contribution in [1.29, 1.82) is 0 Å². The zero-order valence-electron chi connectivity index (χ0n) is 10.3. The third kappa shape index (κ3) is 2.67. The summed E-state index contributed by atoms with van der Waals surface area (Å²) in [7, 11) is 0. The molecule has 0 fully saturated rings. The van der Waals surface area contributed by atoms with E-state index in [1.807, 2.05) is 0 Å². The van der Waals surface area contributed by atoms with Crippen LogP contribution in [-0.2, 0) is 4.79 Å². The van der Waals surface area contributed by atoms with Crippen LogP contribution < -0.4 is 5.32 Å². The lowest BCUT2D eigenvalue weighted by molar-refractivity contribution is -0.140. The summed E-state index contributed by atoms with van der Waals surface area (Å²) in [6, 6.07) is 6.57. The third-order valence-electron chi connectivity index (χ3n) is 2.87. The van der Waals surface area contributed by atoms with Gasteiger partial charge < -0.3 is 20.5 Å². The molecule has 1 amide bonds. The Labute approximate surface area is 109 Å². The van der Waals surface area contributed by atoms with Crippen LogP contribution in [0.3, 0.4) is 0 Å². The van der Waals surface area contributed by atoms with Crippen molar-refractivity contribution >= 4 is 22.8 Å². The molecule has 0 spiro atoms. The van der Waals surface area contributed by atoms with Crippen LogP contribution in [0, 0.1) is 5.92 Å². The van der Waals surface area contributed by atoms with Crippen LogP contribution in [0.15, 0.2) is 24.3 Å². The molecular formula is C13H14N2O4. The monoisotopic (exact) mass is 262 g/mol. The molecule has 6 heteroatoms. The number of aromatic amines is 1. The van der Waals surface area contributed by atoms with Crippen molar-refractivity contribution in [3.05, 3.63) is 30.0 Å². The van der Waals surface area contributed by atoms with Crippen molar-refractivity contribution in [3.63, 3.8) is 0 Å². The quantitative estimate of drug-likeness (QED) is 0.667. The zero-order valence-corrected chi connectivity index (χ0v) is 10.3. The molecule has 1 aromatic heterocycles. The Hall–Kier alpha value is -2.50. The van der Waals surface area contributed by atoms with Gasteiger partial charge in [-0.25, -0.2) is 0 Å². The summed E-state index contributed by atoms with van der Waals surface area (Å²) < 4.78 is 0. The normalized spacial score (nSPS) is 12.3. The number of aromatic hydroxyl groups is 1. The molecule has 0 radical (unpaired) electrons. The maximum absolute atomic E-state index is 11.8. The number of para-hydroxylation sites is 1. The van der Waals surface area contributed by atoms with Crippen LogP contribution in [0.2, 0.25) is 0 Å². The highest BCUT2D eigenvalue weighted by atomic mass is 16.4. The van der Waals surface area contributed by atoms with Gasteiger partial charge >= 0.3 is 5.97 Å². The first-order valence-electron chi connectivity index (χ1n) is 5.80. The molecule has 6 nitrogen and oxygen atoms in total. The number of carbonyl (C=O) groups is 2. The lowest BCUT2D eigenvalue weighted by Gasteiger charge is -2.06. The molecule has 2 aromatic rings. The maximum Gasteiger partial charge on any atom is 0.308 e. The summed E-state index contributed by atoms with van der Waals surface area (Å²) in [6.45, 7) is 1.56. The second-order valence-electron chi connectivity index (χ2n) is 4.37. The van der Waals surface area contributed by atoms with E-state index in [4.69, 9.17) is 5.11 Å². The number of hydrogen-bond acceptors (Lipinski definition) is 3. The molecule has 0 aliphatic rings. The lowest BCUT2D eigenvalue weighted by Crippen LogP contribution is -2.31. The highest BCUT2D eigenvalue weighted by Gasteiger charge is 2.15. The number of carboxylic acids is 1. The van der Waals surface area contributed by atoms with E-state index in [9.17, 15) is 14.7 Å². The minimum atomic E-state index is -0.963. The van der Waals surface area contributed by atoms with Gasteiger partial charge in [0.25, 0.3) is 5.91 Å². The molecule has 0 saturated heterocycles. The Bertz CT molecular complexity index is 633. The minimum Gasteiger partial charge on any atom is -0.506 e. The van der Waals surface area contributed by atoms with Gasteiger partial charge in [-0.15, -0.1) is 0 Å². The number of carbonyl (C=O) groups excluding carboxylic acids is 1. The average molecular weight is 262 g/mol. The van der Waals surface area contributed by atoms with Gasteiger partial charge in [-0.1, -0.05) is 19.1 Å². The van der Waals surface area contributed by atoms with Gasteiger partial charge in [0.05, 0.1) is 11.4 Å². The topological polar surface area (TPSA) is 102 Å². The van der Waals surface area contributed by atoms with E-state index in [-0.39, 0.29) is 18.0 Å². The Morgan fingerprint density at radius 1 is 1.42 bits per heavy atom. The molecule has 2 rings (SSSR count). The van der Waals surface area contributed by atoms with E-state index in [0.29, 0.717) is 5.52 Å². The summed E-state index contributed by atoms with van der Waals surface area (Å²) in [5.74, 6) is -1.95. The number of phenolic OH excluding ortho intramolecular Hbond substituents is 1. The Balaban J connectivity index is 2.14. The maximum atomic E-state index is 11.8. The smallest absolute Gasteiger partial charge is 0.308 e. The first-order valence-corrected chi connectivity index (χ1v) is 5.80. The predicted molar refractivity (Wildman–Crippen MR) is 69.1 cm³/mol. The van der Waals surface area contributed by atoms with Gasteiger partial charge in [-0.2, -0.15) is 0 Å². The second-order valence-corrected chi connectivity index (χ2v) is 4.37. The van der Waals surface area contributed by atoms with Gasteiger partial charge in [0.15, 0.2) is 0 Å². The molecule has 1 heterocycles. The average Bonchev–Trinajstić information content (AvgIpc) is 2.80. The summed E-state index contributed by atoms with van der Waals surface area (Å²) in [6.07, 6.45) is 0. The third-order valence-corrected chi connectivity index (χ3v) is 2.87. The number of phenols is 1. The molecule has 4 N–H and O–H groups in total. The van der Waals surface area contributed by atoms with Crippen molar-refractivity contribution in [2.75, 3.05) is 6.54 Å². The Morgan fingerprint density at radius 3 is 2.79 bits per heavy atom. The Kier molecular flexibility index (Phi) is 3.41. The summed E-state index contributed by atoms with van der Waals surface area (Å²) >= 11 is 0. The fourth-order valence-corrected chi connectivity index (χ4v) is 1.69. The molecule has 1 aromatic carbocycles. The van der Waals surface area contributed by atoms with Gasteiger partial charge in [-0.3, -0.25) is 9.59 Å². The van der Waals surface area contributed by atoms with E-state index in [1.54, 1.807) is 18.2 Å². The molecule has 100 valence electrons. The molecule has 0 saturated carbocycles. The van der Waals surface area contributed by atoms with Crippen molar-refractivity contribution in [2.45, 2.75) is 6.92 Å². The van der Waals surface area contributed by atoms with Gasteiger partial charge in [0, 0.05) is 11.9 Å². The number of benzene rings is 1. The molecule has 0 aliphatic carbocycles. The summed E-state index contributed by atoms with van der Waals surface area (Å²) in [5.41, 5.74) is 0.771. The van der Waals surface area contributed by atoms with Crippen molar-refractivity contribution in [1.82, 2.24) is 10.3 Å². The number of amides is 1. The summed E-state index contributed by atoms with van der Waals surface area (Å²) in [4.78, 5) is 25.3. The van der Waals surface area contributed by atoms with E-state index in [0.717, 1.165) is 5.39 Å². The zero-order chi connectivity index (χ0) is 14.0. The second kappa shape index (κ2) is 5.01. The van der Waals surface area contributed by atoms with Crippen molar-refractivity contribution < 1.29 is 19.8 Å².